The third-order valence-corrected chi connectivity index (χ3v) is 6.09. The molecule has 2 aromatic rings. The van der Waals surface area contributed by atoms with Crippen LogP contribution in [0.1, 0.15) is 21.6 Å². The molecule has 0 saturated carbocycles. The molecular weight excluding hydrogens is 457 g/mol. The highest BCUT2D eigenvalue weighted by atomic mass is 32.2. The van der Waals surface area contributed by atoms with Crippen LogP contribution in [0.5, 0.6) is 0 Å². The third kappa shape index (κ3) is 5.76. The first-order valence-corrected chi connectivity index (χ1v) is 10.8. The van der Waals surface area contributed by atoms with Gasteiger partial charge in [0, 0.05) is 25.9 Å². The van der Waals surface area contributed by atoms with Gasteiger partial charge in [-0.2, -0.15) is 30.9 Å². The predicted octanol–water partition coefficient (Wildman–Crippen LogP) is 2.07. The minimum Gasteiger partial charge on any atom is -0.431 e. The lowest BCUT2D eigenvalue weighted by Gasteiger charge is -2.22. The summed E-state index contributed by atoms with van der Waals surface area (Å²) in [6, 6.07) is 2.80. The Kier molecular flexibility index (Phi) is 7.07. The molecule has 1 aromatic heterocycles. The van der Waals surface area contributed by atoms with Crippen molar-refractivity contribution in [1.82, 2.24) is 14.0 Å². The molecule has 1 aliphatic rings. The molecule has 0 unspecified atom stereocenters. The maximum Gasteiger partial charge on any atom is 0.416 e. The quantitative estimate of drug-likeness (QED) is 0.647. The second-order valence-corrected chi connectivity index (χ2v) is 8.59. The third-order valence-electron chi connectivity index (χ3n) is 4.63. The smallest absolute Gasteiger partial charge is 0.416 e. The minimum absolute atomic E-state index is 0.0143. The molecule has 1 saturated heterocycles. The first-order valence-electron chi connectivity index (χ1n) is 9.33. The van der Waals surface area contributed by atoms with Gasteiger partial charge in [0.25, 0.3) is 11.9 Å². The molecule has 1 aromatic carbocycles. The van der Waals surface area contributed by atoms with Crippen molar-refractivity contribution in [3.05, 3.63) is 41.3 Å². The Labute approximate surface area is 181 Å². The number of oxazole rings is 1. The molecule has 10 nitrogen and oxygen atoms in total. The maximum atomic E-state index is 12.9. The normalized spacial score (nSPS) is 18.2. The number of aromatic nitrogens is 1. The summed E-state index contributed by atoms with van der Waals surface area (Å²) in [6.07, 6.45) is -4.15. The van der Waals surface area contributed by atoms with Crippen molar-refractivity contribution in [3.8, 4) is 0 Å². The number of amides is 1. The van der Waals surface area contributed by atoms with E-state index in [2.05, 4.69) is 10.3 Å². The number of aryl methyl sites for hydroxylation is 1. The Morgan fingerprint density at radius 3 is 2.78 bits per heavy atom. The predicted molar refractivity (Wildman–Crippen MR) is 106 cm³/mol. The van der Waals surface area contributed by atoms with Crippen molar-refractivity contribution in [1.29, 1.82) is 0 Å². The van der Waals surface area contributed by atoms with E-state index in [1.807, 2.05) is 4.72 Å². The number of anilines is 2. The first-order chi connectivity index (χ1) is 15.0. The summed E-state index contributed by atoms with van der Waals surface area (Å²) in [5.74, 6) is -1.07. The van der Waals surface area contributed by atoms with Gasteiger partial charge in [0.05, 0.1) is 24.9 Å². The summed E-state index contributed by atoms with van der Waals surface area (Å²) in [5.41, 5.74) is -0.718. The number of methoxy groups -OCH3 is 1. The molecule has 1 fully saturated rings. The van der Waals surface area contributed by atoms with Crippen molar-refractivity contribution in [2.45, 2.75) is 19.2 Å². The number of benzene rings is 1. The van der Waals surface area contributed by atoms with Gasteiger partial charge in [-0.05, 0) is 24.6 Å². The van der Waals surface area contributed by atoms with Crippen LogP contribution in [0, 0.1) is 6.92 Å². The fraction of sp³-hybridized carbons (Fsp3) is 0.444. The van der Waals surface area contributed by atoms with Crippen LogP contribution >= 0.6 is 0 Å². The minimum atomic E-state index is -4.54. The lowest BCUT2D eigenvalue weighted by Crippen LogP contribution is -2.47. The van der Waals surface area contributed by atoms with Crippen LogP contribution in [-0.2, 0) is 25.9 Å². The van der Waals surface area contributed by atoms with Gasteiger partial charge in [-0.3, -0.25) is 4.79 Å². The van der Waals surface area contributed by atoms with Crippen LogP contribution in [0.3, 0.4) is 0 Å². The van der Waals surface area contributed by atoms with Gasteiger partial charge in [0.2, 0.25) is 0 Å². The van der Waals surface area contributed by atoms with Crippen LogP contribution in [0.25, 0.3) is 0 Å². The average molecular weight is 478 g/mol. The number of halogens is 3. The van der Waals surface area contributed by atoms with Gasteiger partial charge < -0.3 is 19.2 Å². The standard InChI is InChI=1S/C18H21F3N4O6S/c1-11-3-4-12(18(19,20)21)7-14(11)22-17-23-15(10-31-17)16(26)24-32(27,28)25-5-6-30-9-13(8-25)29-2/h3-4,7,10,13H,5-6,8-9H2,1-2H3,(H,22,23)(H,24,26)/t13-/m0/s1. The zero-order valence-corrected chi connectivity index (χ0v) is 17.9. The SMILES string of the molecule is CO[C@@H]1COCCN(S(=O)(=O)NC(=O)c2coc(Nc3cc(C(F)(F)F)ccc3C)n2)C1. The number of carbonyl (C=O) groups is 1. The number of hydrogen-bond donors (Lipinski definition) is 2. The Morgan fingerprint density at radius 1 is 1.34 bits per heavy atom. The van der Waals surface area contributed by atoms with Crippen LogP contribution < -0.4 is 10.0 Å². The summed E-state index contributed by atoms with van der Waals surface area (Å²) in [5, 5.41) is 2.56. The van der Waals surface area contributed by atoms with Crippen LogP contribution in [-0.4, -0.2) is 63.1 Å². The van der Waals surface area contributed by atoms with Crippen molar-refractivity contribution >= 4 is 27.8 Å². The number of carbonyl (C=O) groups excluding carboxylic acids is 1. The topological polar surface area (TPSA) is 123 Å². The molecule has 0 radical (unpaired) electrons. The Bertz CT molecular complexity index is 1070. The summed E-state index contributed by atoms with van der Waals surface area (Å²) in [6.45, 7) is 1.92. The lowest BCUT2D eigenvalue weighted by atomic mass is 10.1. The molecule has 2 N–H and O–H groups in total. The fourth-order valence-electron chi connectivity index (χ4n) is 2.83. The van der Waals surface area contributed by atoms with Gasteiger partial charge >= 0.3 is 16.4 Å². The number of ether oxygens (including phenoxy) is 2. The molecule has 0 bridgehead atoms. The summed E-state index contributed by atoms with van der Waals surface area (Å²) in [4.78, 5) is 16.2. The molecule has 32 heavy (non-hydrogen) atoms. The molecule has 1 amide bonds. The molecule has 14 heteroatoms. The number of nitrogens with one attached hydrogen (secondary N) is 2. The van der Waals surface area contributed by atoms with E-state index < -0.39 is 34.0 Å². The highest BCUT2D eigenvalue weighted by molar-refractivity contribution is 7.87. The monoisotopic (exact) mass is 478 g/mol. The van der Waals surface area contributed by atoms with Gasteiger partial charge in [-0.1, -0.05) is 6.07 Å². The van der Waals surface area contributed by atoms with E-state index >= 15 is 0 Å². The number of hydrogen-bond acceptors (Lipinski definition) is 8. The zero-order valence-electron chi connectivity index (χ0n) is 17.1. The van der Waals surface area contributed by atoms with Crippen LogP contribution in [0.2, 0.25) is 0 Å². The Balaban J connectivity index is 1.71. The van der Waals surface area contributed by atoms with E-state index in [9.17, 15) is 26.4 Å². The van der Waals surface area contributed by atoms with Crippen LogP contribution in [0.15, 0.2) is 28.9 Å². The van der Waals surface area contributed by atoms with E-state index in [0.717, 1.165) is 22.7 Å². The number of rotatable bonds is 6. The van der Waals surface area contributed by atoms with Gasteiger partial charge in [-0.15, -0.1) is 0 Å². The van der Waals surface area contributed by atoms with Crippen molar-refractivity contribution in [2.24, 2.45) is 0 Å². The Hall–Kier alpha value is -2.68. The van der Waals surface area contributed by atoms with Gasteiger partial charge in [0.1, 0.15) is 6.26 Å². The summed E-state index contributed by atoms with van der Waals surface area (Å²) in [7, 11) is -2.81. The van der Waals surface area contributed by atoms with E-state index in [1.165, 1.54) is 13.2 Å². The van der Waals surface area contributed by atoms with Crippen LogP contribution in [0.4, 0.5) is 24.9 Å². The molecule has 1 atom stereocenters. The van der Waals surface area contributed by atoms with E-state index in [0.29, 0.717) is 5.56 Å². The number of alkyl halides is 3. The molecular formula is C18H21F3N4O6S. The van der Waals surface area contributed by atoms with Crippen molar-refractivity contribution in [3.63, 3.8) is 0 Å². The second kappa shape index (κ2) is 9.44. The molecule has 1 aliphatic heterocycles. The average Bonchev–Trinajstić information content (AvgIpc) is 3.03. The molecule has 0 aliphatic carbocycles. The largest absolute Gasteiger partial charge is 0.431 e. The second-order valence-electron chi connectivity index (χ2n) is 6.92. The first kappa shape index (κ1) is 24.0. The highest BCUT2D eigenvalue weighted by Crippen LogP contribution is 2.32. The summed E-state index contributed by atoms with van der Waals surface area (Å²) < 4.78 is 82.3. The van der Waals surface area contributed by atoms with E-state index in [1.54, 1.807) is 6.92 Å². The van der Waals surface area contributed by atoms with Gasteiger partial charge in [0.15, 0.2) is 5.69 Å². The molecule has 176 valence electrons. The van der Waals surface area contributed by atoms with Crippen molar-refractivity contribution < 1.29 is 40.3 Å². The van der Waals surface area contributed by atoms with Gasteiger partial charge in [-0.25, -0.2) is 4.72 Å². The molecule has 0 spiro atoms. The zero-order chi connectivity index (χ0) is 23.5. The van der Waals surface area contributed by atoms with E-state index in [-0.39, 0.29) is 43.7 Å². The maximum absolute atomic E-state index is 12.9. The summed E-state index contributed by atoms with van der Waals surface area (Å²) >= 11 is 0. The Morgan fingerprint density at radius 2 is 2.09 bits per heavy atom. The fourth-order valence-corrected chi connectivity index (χ4v) is 3.98. The van der Waals surface area contributed by atoms with E-state index in [4.69, 9.17) is 13.9 Å². The molecule has 3 rings (SSSR count). The lowest BCUT2D eigenvalue weighted by molar-refractivity contribution is -0.137. The molecule has 2 heterocycles. The highest BCUT2D eigenvalue weighted by Gasteiger charge is 2.32. The number of nitrogens with zero attached hydrogens (tertiary/aromatic N) is 2. The van der Waals surface area contributed by atoms with Crippen molar-refractivity contribution in [2.75, 3.05) is 38.7 Å².